The number of ether oxygens (including phenoxy) is 2. The van der Waals surface area contributed by atoms with E-state index >= 15 is 0 Å². The summed E-state index contributed by atoms with van der Waals surface area (Å²) in [6, 6.07) is 0.782. The first-order valence-electron chi connectivity index (χ1n) is 5.90. The molecule has 1 fully saturated rings. The van der Waals surface area contributed by atoms with Gasteiger partial charge in [0.25, 0.3) is 0 Å². The number of halogens is 2. The third-order valence-electron chi connectivity index (χ3n) is 3.78. The van der Waals surface area contributed by atoms with Crippen LogP contribution in [-0.2, 0) is 5.41 Å². The highest BCUT2D eigenvalue weighted by Gasteiger charge is 2.43. The number of nitrogens with two attached hydrogens (primary N) is 1. The van der Waals surface area contributed by atoms with Gasteiger partial charge in [0, 0.05) is 23.6 Å². The lowest BCUT2D eigenvalue weighted by atomic mass is 9.64. The van der Waals surface area contributed by atoms with E-state index in [2.05, 4.69) is 0 Å². The summed E-state index contributed by atoms with van der Waals surface area (Å²) in [5.74, 6) is -1.35. The Balaban J connectivity index is 2.68. The number of hydrogen-bond donors (Lipinski definition) is 1. The fraction of sp³-hybridized carbons (Fsp3) is 0.538. The van der Waals surface area contributed by atoms with Crippen molar-refractivity contribution in [1.29, 1.82) is 0 Å². The van der Waals surface area contributed by atoms with Crippen LogP contribution in [0, 0.1) is 11.6 Å². The lowest BCUT2D eigenvalue weighted by molar-refractivity contribution is 0.227. The summed E-state index contributed by atoms with van der Waals surface area (Å²) in [5, 5.41) is 0. The molecule has 0 saturated heterocycles. The third kappa shape index (κ3) is 1.73. The van der Waals surface area contributed by atoms with Crippen LogP contribution >= 0.6 is 0 Å². The number of benzene rings is 1. The van der Waals surface area contributed by atoms with Crippen LogP contribution in [0.1, 0.15) is 24.8 Å². The van der Waals surface area contributed by atoms with Gasteiger partial charge in [-0.15, -0.1) is 0 Å². The first-order valence-corrected chi connectivity index (χ1v) is 5.90. The Morgan fingerprint density at radius 3 is 1.94 bits per heavy atom. The molecule has 1 saturated carbocycles. The van der Waals surface area contributed by atoms with Gasteiger partial charge >= 0.3 is 0 Å². The van der Waals surface area contributed by atoms with Crippen molar-refractivity contribution in [1.82, 2.24) is 0 Å². The van der Waals surface area contributed by atoms with Crippen molar-refractivity contribution in [2.75, 3.05) is 20.8 Å². The highest BCUT2D eigenvalue weighted by Crippen LogP contribution is 2.51. The molecule has 2 rings (SSSR count). The van der Waals surface area contributed by atoms with Crippen molar-refractivity contribution in [2.45, 2.75) is 24.7 Å². The third-order valence-corrected chi connectivity index (χ3v) is 3.78. The molecule has 0 amide bonds. The maximum atomic E-state index is 13.8. The summed E-state index contributed by atoms with van der Waals surface area (Å²) in [5.41, 5.74) is 5.79. The summed E-state index contributed by atoms with van der Waals surface area (Å²) in [4.78, 5) is 0. The predicted octanol–water partition coefficient (Wildman–Crippen LogP) is 2.36. The lowest BCUT2D eigenvalue weighted by Crippen LogP contribution is -2.42. The van der Waals surface area contributed by atoms with E-state index in [9.17, 15) is 8.78 Å². The minimum Gasteiger partial charge on any atom is -0.493 e. The van der Waals surface area contributed by atoms with Gasteiger partial charge in [-0.05, 0) is 12.8 Å². The zero-order valence-electron chi connectivity index (χ0n) is 10.6. The highest BCUT2D eigenvalue weighted by molar-refractivity contribution is 5.53. The standard InChI is InChI=1S/C13H17F2NO2/c1-17-11-8(14)6-9(15)12(18-2)10(11)13(7-16)4-3-5-13/h6H,3-5,7,16H2,1-2H3. The molecule has 0 aliphatic heterocycles. The summed E-state index contributed by atoms with van der Waals surface area (Å²) < 4.78 is 37.7. The van der Waals surface area contributed by atoms with Crippen LogP contribution in [0.3, 0.4) is 0 Å². The van der Waals surface area contributed by atoms with Gasteiger partial charge in [-0.25, -0.2) is 8.78 Å². The van der Waals surface area contributed by atoms with Gasteiger partial charge in [-0.2, -0.15) is 0 Å². The molecule has 1 aromatic rings. The minimum absolute atomic E-state index is 0.0402. The molecular formula is C13H17F2NO2. The van der Waals surface area contributed by atoms with Crippen molar-refractivity contribution in [3.05, 3.63) is 23.3 Å². The molecule has 0 aromatic heterocycles. The zero-order valence-corrected chi connectivity index (χ0v) is 10.6. The molecule has 0 spiro atoms. The molecule has 3 nitrogen and oxygen atoms in total. The molecule has 1 aromatic carbocycles. The molecule has 100 valence electrons. The summed E-state index contributed by atoms with van der Waals surface area (Å²) in [6.07, 6.45) is 2.57. The second-order valence-corrected chi connectivity index (χ2v) is 4.62. The largest absolute Gasteiger partial charge is 0.493 e. The van der Waals surface area contributed by atoms with E-state index in [1.807, 2.05) is 0 Å². The van der Waals surface area contributed by atoms with Crippen molar-refractivity contribution in [3.8, 4) is 11.5 Å². The van der Waals surface area contributed by atoms with Gasteiger partial charge in [0.2, 0.25) is 0 Å². The van der Waals surface area contributed by atoms with E-state index in [-0.39, 0.29) is 11.5 Å². The quantitative estimate of drug-likeness (QED) is 0.900. The first kappa shape index (κ1) is 13.1. The van der Waals surface area contributed by atoms with Crippen molar-refractivity contribution < 1.29 is 18.3 Å². The Bertz CT molecular complexity index is 425. The topological polar surface area (TPSA) is 44.5 Å². The molecule has 5 heteroatoms. The van der Waals surface area contributed by atoms with E-state index in [1.54, 1.807) is 0 Å². The van der Waals surface area contributed by atoms with Crippen LogP contribution < -0.4 is 15.2 Å². The SMILES string of the molecule is COc1c(F)cc(F)c(OC)c1C1(CN)CCC1. The second kappa shape index (κ2) is 4.72. The Hall–Kier alpha value is -1.36. The molecule has 0 radical (unpaired) electrons. The molecule has 0 unspecified atom stereocenters. The van der Waals surface area contributed by atoms with Crippen LogP contribution in [0.2, 0.25) is 0 Å². The lowest BCUT2D eigenvalue weighted by Gasteiger charge is -2.42. The monoisotopic (exact) mass is 257 g/mol. The Morgan fingerprint density at radius 1 is 1.17 bits per heavy atom. The second-order valence-electron chi connectivity index (χ2n) is 4.62. The van der Waals surface area contributed by atoms with Crippen molar-refractivity contribution in [3.63, 3.8) is 0 Å². The van der Waals surface area contributed by atoms with E-state index in [0.717, 1.165) is 25.3 Å². The number of hydrogen-bond acceptors (Lipinski definition) is 3. The van der Waals surface area contributed by atoms with Crippen LogP contribution in [0.4, 0.5) is 8.78 Å². The molecule has 1 aliphatic rings. The number of rotatable bonds is 4. The molecule has 0 bridgehead atoms. The van der Waals surface area contributed by atoms with Crippen LogP contribution in [0.25, 0.3) is 0 Å². The van der Waals surface area contributed by atoms with E-state index in [0.29, 0.717) is 12.1 Å². The average Bonchev–Trinajstić information content (AvgIpc) is 2.28. The average molecular weight is 257 g/mol. The maximum Gasteiger partial charge on any atom is 0.168 e. The summed E-state index contributed by atoms with van der Waals surface area (Å²) in [6.45, 7) is 0.322. The fourth-order valence-electron chi connectivity index (χ4n) is 2.62. The van der Waals surface area contributed by atoms with E-state index < -0.39 is 17.0 Å². The van der Waals surface area contributed by atoms with Crippen LogP contribution in [-0.4, -0.2) is 20.8 Å². The molecular weight excluding hydrogens is 240 g/mol. The molecule has 0 atom stereocenters. The van der Waals surface area contributed by atoms with Gasteiger partial charge in [-0.3, -0.25) is 0 Å². The van der Waals surface area contributed by atoms with E-state index in [1.165, 1.54) is 14.2 Å². The normalized spacial score (nSPS) is 17.2. The van der Waals surface area contributed by atoms with Gasteiger partial charge in [-0.1, -0.05) is 6.42 Å². The van der Waals surface area contributed by atoms with Gasteiger partial charge in [0.15, 0.2) is 23.1 Å². The molecule has 18 heavy (non-hydrogen) atoms. The van der Waals surface area contributed by atoms with Crippen molar-refractivity contribution in [2.24, 2.45) is 5.73 Å². The van der Waals surface area contributed by atoms with E-state index in [4.69, 9.17) is 15.2 Å². The van der Waals surface area contributed by atoms with Crippen LogP contribution in [0.5, 0.6) is 11.5 Å². The minimum atomic E-state index is -0.717. The molecule has 2 N–H and O–H groups in total. The smallest absolute Gasteiger partial charge is 0.168 e. The van der Waals surface area contributed by atoms with Crippen molar-refractivity contribution >= 4 is 0 Å². The first-order chi connectivity index (χ1) is 8.59. The highest BCUT2D eigenvalue weighted by atomic mass is 19.1. The van der Waals surface area contributed by atoms with Gasteiger partial charge in [0.1, 0.15) is 0 Å². The Morgan fingerprint density at radius 2 is 1.67 bits per heavy atom. The Labute approximate surface area is 105 Å². The predicted molar refractivity (Wildman–Crippen MR) is 64.0 cm³/mol. The summed E-state index contributed by atoms with van der Waals surface area (Å²) in [7, 11) is 2.73. The van der Waals surface area contributed by atoms with Gasteiger partial charge in [0.05, 0.1) is 14.2 Å². The fourth-order valence-corrected chi connectivity index (χ4v) is 2.62. The maximum absolute atomic E-state index is 13.8. The molecule has 0 heterocycles. The Kier molecular flexibility index (Phi) is 3.43. The van der Waals surface area contributed by atoms with Crippen LogP contribution in [0.15, 0.2) is 6.07 Å². The van der Waals surface area contributed by atoms with Gasteiger partial charge < -0.3 is 15.2 Å². The molecule has 1 aliphatic carbocycles. The summed E-state index contributed by atoms with van der Waals surface area (Å²) >= 11 is 0. The zero-order chi connectivity index (χ0) is 13.3. The number of methoxy groups -OCH3 is 2.